The standard InChI is InChI=1S/C13H20BrNO/c1-10(2)16-9-8-15-11(3)12-4-6-13(14)7-5-12/h4-7,10-11,15H,8-9H2,1-3H3/t11-/m1/s1. The van der Waals surface area contributed by atoms with Crippen molar-refractivity contribution in [1.82, 2.24) is 5.32 Å². The van der Waals surface area contributed by atoms with Crippen LogP contribution in [0, 0.1) is 0 Å². The van der Waals surface area contributed by atoms with Gasteiger partial charge in [0.1, 0.15) is 0 Å². The summed E-state index contributed by atoms with van der Waals surface area (Å²) in [5, 5.41) is 3.43. The Labute approximate surface area is 107 Å². The average Bonchev–Trinajstić information content (AvgIpc) is 2.25. The van der Waals surface area contributed by atoms with Crippen LogP contribution in [0.4, 0.5) is 0 Å². The second-order valence-electron chi connectivity index (χ2n) is 4.15. The van der Waals surface area contributed by atoms with Gasteiger partial charge in [-0.3, -0.25) is 0 Å². The predicted octanol–water partition coefficient (Wildman–Crippen LogP) is 3.52. The molecule has 0 fully saturated rings. The summed E-state index contributed by atoms with van der Waals surface area (Å²) in [5.74, 6) is 0. The molecule has 0 spiro atoms. The van der Waals surface area contributed by atoms with Crippen molar-refractivity contribution in [3.05, 3.63) is 34.3 Å². The minimum atomic E-state index is 0.310. The molecule has 0 saturated heterocycles. The lowest BCUT2D eigenvalue weighted by molar-refractivity contribution is 0.0796. The fourth-order valence-corrected chi connectivity index (χ4v) is 1.70. The number of hydrogen-bond acceptors (Lipinski definition) is 2. The van der Waals surface area contributed by atoms with Crippen LogP contribution >= 0.6 is 15.9 Å². The molecule has 0 aliphatic rings. The van der Waals surface area contributed by atoms with E-state index in [1.807, 2.05) is 0 Å². The predicted molar refractivity (Wildman–Crippen MR) is 71.6 cm³/mol. The maximum absolute atomic E-state index is 5.48. The fourth-order valence-electron chi connectivity index (χ4n) is 1.44. The van der Waals surface area contributed by atoms with Gasteiger partial charge in [0.2, 0.25) is 0 Å². The van der Waals surface area contributed by atoms with Crippen molar-refractivity contribution in [1.29, 1.82) is 0 Å². The molecule has 1 aromatic rings. The molecule has 0 unspecified atom stereocenters. The zero-order chi connectivity index (χ0) is 12.0. The summed E-state index contributed by atoms with van der Waals surface area (Å²) in [6.07, 6.45) is 0.310. The monoisotopic (exact) mass is 285 g/mol. The van der Waals surface area contributed by atoms with Gasteiger partial charge in [0.05, 0.1) is 12.7 Å². The van der Waals surface area contributed by atoms with Crippen LogP contribution in [0.25, 0.3) is 0 Å². The van der Waals surface area contributed by atoms with E-state index >= 15 is 0 Å². The Morgan fingerprint density at radius 2 is 1.81 bits per heavy atom. The van der Waals surface area contributed by atoms with Crippen LogP contribution in [0.15, 0.2) is 28.7 Å². The maximum Gasteiger partial charge on any atom is 0.0594 e. The van der Waals surface area contributed by atoms with Gasteiger partial charge in [-0.25, -0.2) is 0 Å². The van der Waals surface area contributed by atoms with Gasteiger partial charge in [-0.05, 0) is 38.5 Å². The van der Waals surface area contributed by atoms with Crippen molar-refractivity contribution in [2.75, 3.05) is 13.2 Å². The third-order valence-electron chi connectivity index (χ3n) is 2.37. The van der Waals surface area contributed by atoms with Gasteiger partial charge < -0.3 is 10.1 Å². The van der Waals surface area contributed by atoms with E-state index in [1.54, 1.807) is 0 Å². The zero-order valence-electron chi connectivity index (χ0n) is 10.2. The summed E-state index contributed by atoms with van der Waals surface area (Å²) in [6.45, 7) is 7.92. The Morgan fingerprint density at radius 3 is 2.38 bits per heavy atom. The van der Waals surface area contributed by atoms with Crippen molar-refractivity contribution >= 4 is 15.9 Å². The largest absolute Gasteiger partial charge is 0.377 e. The Bertz CT molecular complexity index is 297. The molecule has 0 bridgehead atoms. The summed E-state index contributed by atoms with van der Waals surface area (Å²) < 4.78 is 6.59. The molecule has 0 radical (unpaired) electrons. The molecule has 0 heterocycles. The lowest BCUT2D eigenvalue weighted by Gasteiger charge is -2.15. The van der Waals surface area contributed by atoms with Crippen molar-refractivity contribution in [3.63, 3.8) is 0 Å². The van der Waals surface area contributed by atoms with E-state index in [1.165, 1.54) is 5.56 Å². The highest BCUT2D eigenvalue weighted by molar-refractivity contribution is 9.10. The van der Waals surface area contributed by atoms with E-state index in [0.29, 0.717) is 12.1 Å². The van der Waals surface area contributed by atoms with Crippen LogP contribution < -0.4 is 5.32 Å². The Kier molecular flexibility index (Phi) is 6.03. The first-order valence-corrected chi connectivity index (χ1v) is 6.49. The second-order valence-corrected chi connectivity index (χ2v) is 5.06. The van der Waals surface area contributed by atoms with Crippen molar-refractivity contribution in [2.24, 2.45) is 0 Å². The third kappa shape index (κ3) is 5.10. The maximum atomic E-state index is 5.48. The number of nitrogens with one attached hydrogen (secondary N) is 1. The zero-order valence-corrected chi connectivity index (χ0v) is 11.8. The molecule has 1 rings (SSSR count). The van der Waals surface area contributed by atoms with Crippen LogP contribution in [0.5, 0.6) is 0 Å². The lowest BCUT2D eigenvalue weighted by atomic mass is 10.1. The molecule has 90 valence electrons. The van der Waals surface area contributed by atoms with Gasteiger partial charge in [-0.1, -0.05) is 28.1 Å². The third-order valence-corrected chi connectivity index (χ3v) is 2.90. The summed E-state index contributed by atoms with van der Waals surface area (Å²) in [4.78, 5) is 0. The van der Waals surface area contributed by atoms with E-state index in [9.17, 15) is 0 Å². The molecule has 1 aromatic carbocycles. The van der Waals surface area contributed by atoms with Crippen molar-refractivity contribution in [2.45, 2.75) is 32.9 Å². The highest BCUT2D eigenvalue weighted by atomic mass is 79.9. The van der Waals surface area contributed by atoms with Crippen LogP contribution in [-0.2, 0) is 4.74 Å². The number of rotatable bonds is 6. The van der Waals surface area contributed by atoms with Gasteiger partial charge in [-0.2, -0.15) is 0 Å². The minimum absolute atomic E-state index is 0.310. The van der Waals surface area contributed by atoms with E-state index in [0.717, 1.165) is 17.6 Å². The second kappa shape index (κ2) is 7.05. The van der Waals surface area contributed by atoms with Gasteiger partial charge in [0.15, 0.2) is 0 Å². The molecule has 3 heteroatoms. The molecule has 2 nitrogen and oxygen atoms in total. The Morgan fingerprint density at radius 1 is 1.19 bits per heavy atom. The van der Waals surface area contributed by atoms with E-state index in [-0.39, 0.29) is 0 Å². The molecule has 0 amide bonds. The van der Waals surface area contributed by atoms with E-state index < -0.39 is 0 Å². The first-order valence-electron chi connectivity index (χ1n) is 5.70. The van der Waals surface area contributed by atoms with Crippen molar-refractivity contribution in [3.8, 4) is 0 Å². The van der Waals surface area contributed by atoms with Crippen LogP contribution in [0.3, 0.4) is 0 Å². The van der Waals surface area contributed by atoms with E-state index in [4.69, 9.17) is 4.74 Å². The topological polar surface area (TPSA) is 21.3 Å². The van der Waals surface area contributed by atoms with Crippen molar-refractivity contribution < 1.29 is 4.74 Å². The Balaban J connectivity index is 2.29. The molecular formula is C13H20BrNO. The molecule has 1 N–H and O–H groups in total. The minimum Gasteiger partial charge on any atom is -0.377 e. The molecule has 0 aromatic heterocycles. The van der Waals surface area contributed by atoms with Crippen LogP contribution in [0.1, 0.15) is 32.4 Å². The lowest BCUT2D eigenvalue weighted by Crippen LogP contribution is -2.24. The normalized spacial score (nSPS) is 13.1. The average molecular weight is 286 g/mol. The molecule has 0 saturated carbocycles. The SMILES string of the molecule is CC(C)OCCN[C@H](C)c1ccc(Br)cc1. The highest BCUT2D eigenvalue weighted by Crippen LogP contribution is 2.16. The number of hydrogen-bond donors (Lipinski definition) is 1. The highest BCUT2D eigenvalue weighted by Gasteiger charge is 2.03. The molecule has 0 aliphatic heterocycles. The smallest absolute Gasteiger partial charge is 0.0594 e. The molecular weight excluding hydrogens is 266 g/mol. The summed E-state index contributed by atoms with van der Waals surface area (Å²) in [5.41, 5.74) is 1.30. The number of ether oxygens (including phenoxy) is 1. The van der Waals surface area contributed by atoms with Crippen LogP contribution in [-0.4, -0.2) is 19.3 Å². The molecule has 0 aliphatic carbocycles. The number of halogens is 1. The van der Waals surface area contributed by atoms with Gasteiger partial charge >= 0.3 is 0 Å². The summed E-state index contributed by atoms with van der Waals surface area (Å²) in [6, 6.07) is 8.76. The summed E-state index contributed by atoms with van der Waals surface area (Å²) in [7, 11) is 0. The van der Waals surface area contributed by atoms with E-state index in [2.05, 4.69) is 66.3 Å². The van der Waals surface area contributed by atoms with Gasteiger partial charge in [-0.15, -0.1) is 0 Å². The fraction of sp³-hybridized carbons (Fsp3) is 0.538. The van der Waals surface area contributed by atoms with Gasteiger partial charge in [0.25, 0.3) is 0 Å². The molecule has 1 atom stereocenters. The first-order chi connectivity index (χ1) is 7.59. The summed E-state index contributed by atoms with van der Waals surface area (Å²) >= 11 is 3.43. The van der Waals surface area contributed by atoms with Crippen LogP contribution in [0.2, 0.25) is 0 Å². The first kappa shape index (κ1) is 13.7. The quantitative estimate of drug-likeness (QED) is 0.808. The Hall–Kier alpha value is -0.380. The van der Waals surface area contributed by atoms with Gasteiger partial charge in [0, 0.05) is 17.1 Å². The molecule has 16 heavy (non-hydrogen) atoms. The number of benzene rings is 1.